The number of hydrogen-bond donors (Lipinski definition) is 2. The van der Waals surface area contributed by atoms with Crippen LogP contribution in [0.3, 0.4) is 0 Å². The number of carboxylic acid groups (broad SMARTS) is 1. The summed E-state index contributed by atoms with van der Waals surface area (Å²) in [6, 6.07) is 11.4. The lowest BCUT2D eigenvalue weighted by molar-refractivity contribution is -0.139. The van der Waals surface area contributed by atoms with E-state index in [0.29, 0.717) is 5.82 Å². The van der Waals surface area contributed by atoms with Gasteiger partial charge in [0.1, 0.15) is 5.82 Å². The number of aliphatic carboxylic acids is 1. The maximum absolute atomic E-state index is 12.6. The second-order valence-corrected chi connectivity index (χ2v) is 7.85. The molecule has 2 N–H and O–H groups in total. The molecule has 1 aromatic carbocycles. The summed E-state index contributed by atoms with van der Waals surface area (Å²) < 4.78 is 1.70. The highest BCUT2D eigenvalue weighted by atomic mass is 16.4. The lowest BCUT2D eigenvalue weighted by Crippen LogP contribution is -2.41. The molecule has 0 aliphatic carbocycles. The normalized spacial score (nSPS) is 11.8. The quantitative estimate of drug-likeness (QED) is 0.780. The first kappa shape index (κ1) is 20.6. The highest BCUT2D eigenvalue weighted by Crippen LogP contribution is 2.26. The molecule has 0 spiro atoms. The Morgan fingerprint density at radius 2 is 1.81 bits per heavy atom. The Hall–Kier alpha value is -2.67. The SMILES string of the molecule is CC(C)N(CC(=O)O)CC(=O)Nc1cc(C(C)(C)C)nn1-c1ccccc1. The fourth-order valence-corrected chi connectivity index (χ4v) is 2.56. The molecular weight excluding hydrogens is 344 g/mol. The Balaban J connectivity index is 2.27. The molecule has 0 bridgehead atoms. The van der Waals surface area contributed by atoms with Crippen molar-refractivity contribution < 1.29 is 14.7 Å². The summed E-state index contributed by atoms with van der Waals surface area (Å²) >= 11 is 0. The molecule has 2 aromatic rings. The summed E-state index contributed by atoms with van der Waals surface area (Å²) in [5.41, 5.74) is 1.52. The number of carbonyl (C=O) groups is 2. The van der Waals surface area contributed by atoms with Gasteiger partial charge in [-0.25, -0.2) is 4.68 Å². The largest absolute Gasteiger partial charge is 0.480 e. The Morgan fingerprint density at radius 3 is 2.33 bits per heavy atom. The van der Waals surface area contributed by atoms with Crippen LogP contribution in [0.15, 0.2) is 36.4 Å². The summed E-state index contributed by atoms with van der Waals surface area (Å²) in [5.74, 6) is -0.668. The molecule has 0 saturated heterocycles. The van der Waals surface area contributed by atoms with E-state index in [1.54, 1.807) is 9.58 Å². The van der Waals surface area contributed by atoms with Gasteiger partial charge in [0, 0.05) is 17.5 Å². The monoisotopic (exact) mass is 372 g/mol. The van der Waals surface area contributed by atoms with E-state index in [4.69, 9.17) is 5.11 Å². The van der Waals surface area contributed by atoms with Gasteiger partial charge >= 0.3 is 5.97 Å². The molecule has 7 heteroatoms. The van der Waals surface area contributed by atoms with Gasteiger partial charge in [0.05, 0.1) is 24.5 Å². The van der Waals surface area contributed by atoms with Gasteiger partial charge in [0.25, 0.3) is 0 Å². The number of nitrogens with one attached hydrogen (secondary N) is 1. The van der Waals surface area contributed by atoms with Gasteiger partial charge in [0.15, 0.2) is 0 Å². The Bertz CT molecular complexity index is 791. The third-order valence-corrected chi connectivity index (χ3v) is 4.16. The fraction of sp³-hybridized carbons (Fsp3) is 0.450. The molecule has 0 saturated carbocycles. The van der Waals surface area contributed by atoms with Crippen LogP contribution in [0, 0.1) is 0 Å². The van der Waals surface area contributed by atoms with Gasteiger partial charge in [-0.05, 0) is 26.0 Å². The van der Waals surface area contributed by atoms with Crippen LogP contribution in [0.1, 0.15) is 40.3 Å². The average Bonchev–Trinajstić information content (AvgIpc) is 2.98. The molecule has 2 rings (SSSR count). The smallest absolute Gasteiger partial charge is 0.317 e. The summed E-state index contributed by atoms with van der Waals surface area (Å²) in [7, 11) is 0. The minimum absolute atomic E-state index is 0.00517. The molecule has 0 atom stereocenters. The maximum Gasteiger partial charge on any atom is 0.317 e. The second kappa shape index (κ2) is 8.35. The summed E-state index contributed by atoms with van der Waals surface area (Å²) in [6.07, 6.45) is 0. The number of aromatic nitrogens is 2. The molecule has 1 aromatic heterocycles. The maximum atomic E-state index is 12.6. The molecule has 0 unspecified atom stereocenters. The van der Waals surface area contributed by atoms with Crippen LogP contribution in [-0.2, 0) is 15.0 Å². The first-order chi connectivity index (χ1) is 12.6. The number of hydrogen-bond acceptors (Lipinski definition) is 4. The van der Waals surface area contributed by atoms with Crippen LogP contribution in [0.25, 0.3) is 5.69 Å². The van der Waals surface area contributed by atoms with Gasteiger partial charge in [-0.2, -0.15) is 5.10 Å². The van der Waals surface area contributed by atoms with E-state index in [2.05, 4.69) is 31.2 Å². The first-order valence-electron chi connectivity index (χ1n) is 8.99. The van der Waals surface area contributed by atoms with Gasteiger partial charge < -0.3 is 10.4 Å². The molecule has 0 fully saturated rings. The zero-order chi connectivity index (χ0) is 20.2. The van der Waals surface area contributed by atoms with Crippen LogP contribution >= 0.6 is 0 Å². The van der Waals surface area contributed by atoms with Crippen LogP contribution < -0.4 is 5.32 Å². The molecule has 146 valence electrons. The van der Waals surface area contributed by atoms with Crippen molar-refractivity contribution in [3.05, 3.63) is 42.1 Å². The third-order valence-electron chi connectivity index (χ3n) is 4.16. The van der Waals surface area contributed by atoms with Crippen molar-refractivity contribution >= 4 is 17.7 Å². The van der Waals surface area contributed by atoms with E-state index >= 15 is 0 Å². The highest BCUT2D eigenvalue weighted by molar-refractivity contribution is 5.92. The summed E-state index contributed by atoms with van der Waals surface area (Å²) in [5, 5.41) is 16.6. The molecule has 0 aliphatic rings. The van der Waals surface area contributed by atoms with E-state index in [1.807, 2.05) is 50.2 Å². The van der Waals surface area contributed by atoms with Crippen molar-refractivity contribution in [1.82, 2.24) is 14.7 Å². The van der Waals surface area contributed by atoms with Gasteiger partial charge in [-0.1, -0.05) is 39.0 Å². The predicted octanol–water partition coefficient (Wildman–Crippen LogP) is 2.90. The topological polar surface area (TPSA) is 87.5 Å². The Labute approximate surface area is 160 Å². The Kier molecular flexibility index (Phi) is 6.38. The number of nitrogens with zero attached hydrogens (tertiary/aromatic N) is 3. The van der Waals surface area contributed by atoms with Gasteiger partial charge in [-0.15, -0.1) is 0 Å². The molecule has 1 heterocycles. The van der Waals surface area contributed by atoms with Crippen molar-refractivity contribution in [2.75, 3.05) is 18.4 Å². The summed E-state index contributed by atoms with van der Waals surface area (Å²) in [6.45, 7) is 9.71. The number of amides is 1. The third kappa shape index (κ3) is 5.65. The number of anilines is 1. The molecule has 0 radical (unpaired) electrons. The van der Waals surface area contributed by atoms with Crippen LogP contribution in [0.4, 0.5) is 5.82 Å². The van der Waals surface area contributed by atoms with Gasteiger partial charge in [0.2, 0.25) is 5.91 Å². The van der Waals surface area contributed by atoms with Crippen molar-refractivity contribution in [2.24, 2.45) is 0 Å². The lowest BCUT2D eigenvalue weighted by atomic mass is 9.92. The predicted molar refractivity (Wildman–Crippen MR) is 105 cm³/mol. The lowest BCUT2D eigenvalue weighted by Gasteiger charge is -2.23. The minimum atomic E-state index is -0.958. The van der Waals surface area contributed by atoms with E-state index in [1.165, 1.54) is 0 Å². The highest BCUT2D eigenvalue weighted by Gasteiger charge is 2.23. The second-order valence-electron chi connectivity index (χ2n) is 7.85. The molecule has 0 aliphatic heterocycles. The number of carbonyl (C=O) groups excluding carboxylic acids is 1. The molecule has 27 heavy (non-hydrogen) atoms. The van der Waals surface area contributed by atoms with Crippen molar-refractivity contribution in [3.8, 4) is 5.69 Å². The standard InChI is InChI=1S/C20H28N4O3/c1-14(2)23(13-19(26)27)12-18(25)21-17-11-16(20(3,4)5)22-24(17)15-9-7-6-8-10-15/h6-11,14H,12-13H2,1-5H3,(H,21,25)(H,26,27). The van der Waals surface area contributed by atoms with Crippen molar-refractivity contribution in [2.45, 2.75) is 46.1 Å². The van der Waals surface area contributed by atoms with E-state index < -0.39 is 5.97 Å². The Morgan fingerprint density at radius 1 is 1.19 bits per heavy atom. The summed E-state index contributed by atoms with van der Waals surface area (Å²) in [4.78, 5) is 25.2. The van der Waals surface area contributed by atoms with Crippen LogP contribution in [-0.4, -0.2) is 50.8 Å². The molecule has 1 amide bonds. The first-order valence-corrected chi connectivity index (χ1v) is 8.99. The molecular formula is C20H28N4O3. The fourth-order valence-electron chi connectivity index (χ4n) is 2.56. The number of benzene rings is 1. The van der Waals surface area contributed by atoms with E-state index in [9.17, 15) is 9.59 Å². The molecule has 7 nitrogen and oxygen atoms in total. The number of para-hydroxylation sites is 1. The zero-order valence-electron chi connectivity index (χ0n) is 16.6. The van der Waals surface area contributed by atoms with Gasteiger partial charge in [-0.3, -0.25) is 14.5 Å². The van der Waals surface area contributed by atoms with Crippen LogP contribution in [0.2, 0.25) is 0 Å². The van der Waals surface area contributed by atoms with Crippen LogP contribution in [0.5, 0.6) is 0 Å². The van der Waals surface area contributed by atoms with E-state index in [0.717, 1.165) is 11.4 Å². The number of carboxylic acids is 1. The zero-order valence-corrected chi connectivity index (χ0v) is 16.6. The van der Waals surface area contributed by atoms with E-state index in [-0.39, 0.29) is 30.5 Å². The average molecular weight is 372 g/mol. The minimum Gasteiger partial charge on any atom is -0.480 e. The van der Waals surface area contributed by atoms with Crippen molar-refractivity contribution in [3.63, 3.8) is 0 Å². The number of rotatable bonds is 7. The van der Waals surface area contributed by atoms with Crippen molar-refractivity contribution in [1.29, 1.82) is 0 Å².